The maximum atomic E-state index is 12.5. The quantitative estimate of drug-likeness (QED) is 0.168. The van der Waals surface area contributed by atoms with Gasteiger partial charge < -0.3 is 15.7 Å². The molecule has 2 aromatic rings. The van der Waals surface area contributed by atoms with Gasteiger partial charge in [-0.05, 0) is 36.8 Å². The molecule has 1 saturated heterocycles. The van der Waals surface area contributed by atoms with Gasteiger partial charge in [0.15, 0.2) is 0 Å². The largest absolute Gasteiger partial charge is 0.480 e. The maximum absolute atomic E-state index is 12.5. The normalized spacial score (nSPS) is 17.1. The molecule has 1 fully saturated rings. The Labute approximate surface area is 204 Å². The molecule has 9 nitrogen and oxygen atoms in total. The van der Waals surface area contributed by atoms with E-state index in [-0.39, 0.29) is 36.5 Å². The summed E-state index contributed by atoms with van der Waals surface area (Å²) in [5.74, 6) is -2.50. The molecule has 3 rings (SSSR count). The molecule has 1 aliphatic rings. The molecule has 1 aliphatic heterocycles. The Morgan fingerprint density at radius 3 is 2.09 bits per heavy atom. The number of aliphatic imine (C=N–C) groups is 1. The highest BCUT2D eigenvalue weighted by atomic mass is 16.4. The summed E-state index contributed by atoms with van der Waals surface area (Å²) in [7, 11) is 0. The Hall–Kier alpha value is -4.01. The number of aryl methyl sites for hydroxylation is 2. The third kappa shape index (κ3) is 8.37. The number of nitrogens with one attached hydrogen (secondary N) is 3. The van der Waals surface area contributed by atoms with Gasteiger partial charge in [-0.3, -0.25) is 19.7 Å². The van der Waals surface area contributed by atoms with Crippen LogP contribution in [0.5, 0.6) is 0 Å². The standard InChI is InChI=1S/C26H30N4O5/c31-21(15-13-18-8-3-1-4-9-18)28-26(29-22(32)16-14-19-10-5-2-6-11-19)27-17-7-12-20-23(25(34)35)30-24(20)33/h1-6,8-11,20,23H,7,12-17H2,(H,30,33)(H,34,35)(H2,27,28,29,31,32). The van der Waals surface area contributed by atoms with E-state index in [0.29, 0.717) is 32.2 Å². The van der Waals surface area contributed by atoms with Crippen LogP contribution in [0.3, 0.4) is 0 Å². The van der Waals surface area contributed by atoms with Crippen LogP contribution in [-0.2, 0) is 32.0 Å². The number of rotatable bonds is 11. The Bertz CT molecular complexity index is 1060. The van der Waals surface area contributed by atoms with Gasteiger partial charge in [-0.15, -0.1) is 0 Å². The van der Waals surface area contributed by atoms with Gasteiger partial charge in [-0.2, -0.15) is 4.99 Å². The minimum atomic E-state index is -1.06. The molecule has 0 bridgehead atoms. The van der Waals surface area contributed by atoms with E-state index in [4.69, 9.17) is 5.11 Å². The number of hydrogen-bond acceptors (Lipinski definition) is 4. The van der Waals surface area contributed by atoms with Crippen LogP contribution in [0.1, 0.15) is 36.8 Å². The third-order valence-electron chi connectivity index (χ3n) is 5.74. The van der Waals surface area contributed by atoms with Crippen LogP contribution in [0.15, 0.2) is 65.7 Å². The number of carbonyl (C=O) groups excluding carboxylic acids is 3. The number of hydrogen-bond donors (Lipinski definition) is 4. The van der Waals surface area contributed by atoms with Gasteiger partial charge in [-0.25, -0.2) is 4.79 Å². The van der Waals surface area contributed by atoms with Gasteiger partial charge >= 0.3 is 5.97 Å². The molecular formula is C26H30N4O5. The first kappa shape index (κ1) is 25.6. The van der Waals surface area contributed by atoms with E-state index in [2.05, 4.69) is 20.9 Å². The van der Waals surface area contributed by atoms with E-state index in [1.165, 1.54) is 0 Å². The van der Waals surface area contributed by atoms with Gasteiger partial charge in [0.2, 0.25) is 23.7 Å². The maximum Gasteiger partial charge on any atom is 0.327 e. The minimum Gasteiger partial charge on any atom is -0.480 e. The van der Waals surface area contributed by atoms with Crippen molar-refractivity contribution in [3.05, 3.63) is 71.8 Å². The van der Waals surface area contributed by atoms with Crippen molar-refractivity contribution in [2.75, 3.05) is 6.54 Å². The summed E-state index contributed by atoms with van der Waals surface area (Å²) in [5, 5.41) is 17.1. The molecule has 184 valence electrons. The fraction of sp³-hybridized carbons (Fsp3) is 0.346. The summed E-state index contributed by atoms with van der Waals surface area (Å²) < 4.78 is 0. The smallest absolute Gasteiger partial charge is 0.327 e. The summed E-state index contributed by atoms with van der Waals surface area (Å²) in [6.07, 6.45) is 2.34. The second kappa shape index (κ2) is 13.0. The second-order valence-electron chi connectivity index (χ2n) is 8.37. The van der Waals surface area contributed by atoms with Crippen molar-refractivity contribution >= 4 is 29.7 Å². The summed E-state index contributed by atoms with van der Waals surface area (Å²) in [5.41, 5.74) is 2.05. The Morgan fingerprint density at radius 1 is 0.914 bits per heavy atom. The van der Waals surface area contributed by atoms with Crippen molar-refractivity contribution in [1.29, 1.82) is 0 Å². The summed E-state index contributed by atoms with van der Waals surface area (Å²) in [6, 6.07) is 18.3. The monoisotopic (exact) mass is 478 g/mol. The van der Waals surface area contributed by atoms with E-state index in [0.717, 1.165) is 11.1 Å². The highest BCUT2D eigenvalue weighted by molar-refractivity contribution is 6.02. The fourth-order valence-electron chi connectivity index (χ4n) is 3.76. The van der Waals surface area contributed by atoms with E-state index in [9.17, 15) is 19.2 Å². The Kier molecular flexibility index (Phi) is 9.53. The Morgan fingerprint density at radius 2 is 1.51 bits per heavy atom. The zero-order chi connectivity index (χ0) is 25.0. The number of amides is 3. The molecule has 0 aromatic heterocycles. The lowest BCUT2D eigenvalue weighted by Gasteiger charge is -2.33. The molecule has 4 N–H and O–H groups in total. The Balaban J connectivity index is 1.53. The third-order valence-corrected chi connectivity index (χ3v) is 5.74. The van der Waals surface area contributed by atoms with Gasteiger partial charge in [0, 0.05) is 19.4 Å². The zero-order valence-corrected chi connectivity index (χ0v) is 19.4. The van der Waals surface area contributed by atoms with Crippen molar-refractivity contribution in [3.8, 4) is 0 Å². The molecule has 2 aromatic carbocycles. The molecule has 3 amide bonds. The van der Waals surface area contributed by atoms with Crippen LogP contribution >= 0.6 is 0 Å². The average molecular weight is 479 g/mol. The SMILES string of the molecule is O=C(CCc1ccccc1)/N=C(\NCCCC1C(=O)NC1C(=O)O)NC(=O)CCc1ccccc1. The predicted molar refractivity (Wildman–Crippen MR) is 130 cm³/mol. The van der Waals surface area contributed by atoms with Crippen molar-refractivity contribution in [2.24, 2.45) is 10.9 Å². The molecule has 2 atom stereocenters. The minimum absolute atomic E-state index is 0.0639. The summed E-state index contributed by atoms with van der Waals surface area (Å²) >= 11 is 0. The van der Waals surface area contributed by atoms with E-state index >= 15 is 0 Å². The molecule has 0 aliphatic carbocycles. The number of carboxylic acid groups (broad SMARTS) is 1. The zero-order valence-electron chi connectivity index (χ0n) is 19.4. The molecule has 35 heavy (non-hydrogen) atoms. The van der Waals surface area contributed by atoms with Crippen molar-refractivity contribution in [2.45, 2.75) is 44.6 Å². The lowest BCUT2D eigenvalue weighted by Crippen LogP contribution is -2.61. The highest BCUT2D eigenvalue weighted by Gasteiger charge is 2.43. The topological polar surface area (TPSA) is 137 Å². The van der Waals surface area contributed by atoms with Crippen LogP contribution in [0.2, 0.25) is 0 Å². The second-order valence-corrected chi connectivity index (χ2v) is 8.37. The molecule has 0 spiro atoms. The number of carbonyl (C=O) groups is 4. The van der Waals surface area contributed by atoms with E-state index in [1.54, 1.807) is 0 Å². The highest BCUT2D eigenvalue weighted by Crippen LogP contribution is 2.20. The lowest BCUT2D eigenvalue weighted by molar-refractivity contribution is -0.153. The average Bonchev–Trinajstić information content (AvgIpc) is 2.85. The summed E-state index contributed by atoms with van der Waals surface area (Å²) in [6.45, 7) is 0.319. The number of carboxylic acids is 1. The van der Waals surface area contributed by atoms with Crippen molar-refractivity contribution < 1.29 is 24.3 Å². The van der Waals surface area contributed by atoms with Crippen LogP contribution < -0.4 is 16.0 Å². The van der Waals surface area contributed by atoms with Crippen LogP contribution in [0, 0.1) is 5.92 Å². The fourth-order valence-corrected chi connectivity index (χ4v) is 3.76. The molecule has 0 saturated carbocycles. The van der Waals surface area contributed by atoms with Crippen LogP contribution in [-0.4, -0.2) is 47.3 Å². The van der Waals surface area contributed by atoms with Crippen molar-refractivity contribution in [1.82, 2.24) is 16.0 Å². The molecule has 2 unspecified atom stereocenters. The summed E-state index contributed by atoms with van der Waals surface area (Å²) in [4.78, 5) is 51.7. The van der Waals surface area contributed by atoms with Gasteiger partial charge in [0.1, 0.15) is 6.04 Å². The lowest BCUT2D eigenvalue weighted by atomic mass is 9.86. The molecule has 9 heteroatoms. The number of nitrogens with zero attached hydrogens (tertiary/aromatic N) is 1. The number of benzene rings is 2. The number of aliphatic carboxylic acids is 1. The molecule has 0 radical (unpaired) electrons. The first-order chi connectivity index (χ1) is 16.9. The van der Waals surface area contributed by atoms with Crippen LogP contribution in [0.25, 0.3) is 0 Å². The predicted octanol–water partition coefficient (Wildman–Crippen LogP) is 1.82. The van der Waals surface area contributed by atoms with Crippen LogP contribution in [0.4, 0.5) is 0 Å². The van der Waals surface area contributed by atoms with Gasteiger partial charge in [0.25, 0.3) is 0 Å². The first-order valence-corrected chi connectivity index (χ1v) is 11.7. The van der Waals surface area contributed by atoms with Gasteiger partial charge in [0.05, 0.1) is 5.92 Å². The first-order valence-electron chi connectivity index (χ1n) is 11.7. The molecular weight excluding hydrogens is 448 g/mol. The van der Waals surface area contributed by atoms with Gasteiger partial charge in [-0.1, -0.05) is 60.7 Å². The van der Waals surface area contributed by atoms with Crippen molar-refractivity contribution in [3.63, 3.8) is 0 Å². The number of guanidine groups is 1. The van der Waals surface area contributed by atoms with E-state index < -0.39 is 17.9 Å². The number of β-lactam (4-membered cyclic amide) rings is 1. The molecule has 1 heterocycles. The van der Waals surface area contributed by atoms with E-state index in [1.807, 2.05) is 60.7 Å².